The van der Waals surface area contributed by atoms with E-state index in [1.54, 1.807) is 4.90 Å². The molecule has 1 aromatic carbocycles. The Morgan fingerprint density at radius 1 is 1.22 bits per heavy atom. The number of pyridine rings is 1. The van der Waals surface area contributed by atoms with Crippen molar-refractivity contribution in [2.24, 2.45) is 0 Å². The topological polar surface area (TPSA) is 33.2 Å². The standard InChI is InChI=1S/C14H11BrN2O/c1-17-8-11-6-9(2-4-12(11)14(17)18)10-3-5-13(15)16-7-10/h2-7H,8H2,1H3. The second-order valence-electron chi connectivity index (χ2n) is 4.40. The van der Waals surface area contributed by atoms with Crippen molar-refractivity contribution >= 4 is 21.8 Å². The summed E-state index contributed by atoms with van der Waals surface area (Å²) in [5.74, 6) is 0.102. The molecule has 0 saturated carbocycles. The van der Waals surface area contributed by atoms with Gasteiger partial charge < -0.3 is 4.90 Å². The zero-order valence-electron chi connectivity index (χ0n) is 9.85. The molecule has 1 aliphatic rings. The molecule has 0 unspecified atom stereocenters. The number of amides is 1. The van der Waals surface area contributed by atoms with Crippen molar-refractivity contribution in [3.05, 3.63) is 52.3 Å². The van der Waals surface area contributed by atoms with E-state index in [1.165, 1.54) is 0 Å². The van der Waals surface area contributed by atoms with Crippen LogP contribution in [-0.2, 0) is 6.54 Å². The lowest BCUT2D eigenvalue weighted by molar-refractivity contribution is 0.0816. The van der Waals surface area contributed by atoms with E-state index in [2.05, 4.69) is 27.0 Å². The molecule has 0 atom stereocenters. The summed E-state index contributed by atoms with van der Waals surface area (Å²) in [6, 6.07) is 9.88. The minimum atomic E-state index is 0.102. The number of halogens is 1. The fourth-order valence-corrected chi connectivity index (χ4v) is 2.43. The average Bonchev–Trinajstić information content (AvgIpc) is 2.65. The normalized spacial score (nSPS) is 13.9. The van der Waals surface area contributed by atoms with Gasteiger partial charge in [-0.05, 0) is 45.3 Å². The number of carbonyl (C=O) groups is 1. The molecule has 3 rings (SSSR count). The third kappa shape index (κ3) is 1.82. The van der Waals surface area contributed by atoms with Gasteiger partial charge in [0.25, 0.3) is 5.91 Å². The predicted molar refractivity (Wildman–Crippen MR) is 73.2 cm³/mol. The second-order valence-corrected chi connectivity index (χ2v) is 5.22. The summed E-state index contributed by atoms with van der Waals surface area (Å²) in [7, 11) is 1.82. The number of hydrogen-bond acceptors (Lipinski definition) is 2. The molecule has 0 fully saturated rings. The molecule has 0 bridgehead atoms. The number of aromatic nitrogens is 1. The molecule has 18 heavy (non-hydrogen) atoms. The van der Waals surface area contributed by atoms with Crippen LogP contribution in [0.3, 0.4) is 0 Å². The molecular weight excluding hydrogens is 292 g/mol. The van der Waals surface area contributed by atoms with Crippen molar-refractivity contribution < 1.29 is 4.79 Å². The van der Waals surface area contributed by atoms with Crippen LogP contribution in [0, 0.1) is 0 Å². The summed E-state index contributed by atoms with van der Waals surface area (Å²) in [4.78, 5) is 17.7. The Hall–Kier alpha value is -1.68. The van der Waals surface area contributed by atoms with E-state index >= 15 is 0 Å². The smallest absolute Gasteiger partial charge is 0.254 e. The highest BCUT2D eigenvalue weighted by atomic mass is 79.9. The number of benzene rings is 1. The molecule has 90 valence electrons. The molecule has 1 aliphatic heterocycles. The maximum absolute atomic E-state index is 11.8. The van der Waals surface area contributed by atoms with Crippen LogP contribution in [0.4, 0.5) is 0 Å². The van der Waals surface area contributed by atoms with Crippen molar-refractivity contribution in [3.8, 4) is 11.1 Å². The maximum atomic E-state index is 11.8. The van der Waals surface area contributed by atoms with E-state index in [0.717, 1.165) is 26.9 Å². The minimum absolute atomic E-state index is 0.102. The van der Waals surface area contributed by atoms with Crippen LogP contribution in [0.2, 0.25) is 0 Å². The number of fused-ring (bicyclic) bond motifs is 1. The van der Waals surface area contributed by atoms with Crippen molar-refractivity contribution in [1.29, 1.82) is 0 Å². The van der Waals surface area contributed by atoms with Crippen molar-refractivity contribution in [1.82, 2.24) is 9.88 Å². The van der Waals surface area contributed by atoms with Gasteiger partial charge in [-0.25, -0.2) is 4.98 Å². The molecule has 2 aromatic rings. The van der Waals surface area contributed by atoms with E-state index < -0.39 is 0 Å². The van der Waals surface area contributed by atoms with Gasteiger partial charge in [0.05, 0.1) is 0 Å². The summed E-state index contributed by atoms with van der Waals surface area (Å²) >= 11 is 3.32. The molecule has 4 heteroatoms. The van der Waals surface area contributed by atoms with Crippen LogP contribution >= 0.6 is 15.9 Å². The number of rotatable bonds is 1. The maximum Gasteiger partial charge on any atom is 0.254 e. The Labute approximate surface area is 114 Å². The molecular formula is C14H11BrN2O. The van der Waals surface area contributed by atoms with Gasteiger partial charge >= 0.3 is 0 Å². The van der Waals surface area contributed by atoms with Gasteiger partial charge in [0, 0.05) is 30.9 Å². The zero-order chi connectivity index (χ0) is 12.7. The van der Waals surface area contributed by atoms with Gasteiger partial charge in [-0.2, -0.15) is 0 Å². The summed E-state index contributed by atoms with van der Waals surface area (Å²) in [6.45, 7) is 0.686. The summed E-state index contributed by atoms with van der Waals surface area (Å²) < 4.78 is 0.822. The number of hydrogen-bond donors (Lipinski definition) is 0. The molecule has 0 N–H and O–H groups in total. The van der Waals surface area contributed by atoms with E-state index in [-0.39, 0.29) is 5.91 Å². The fourth-order valence-electron chi connectivity index (χ4n) is 2.19. The lowest BCUT2D eigenvalue weighted by atomic mass is 10.0. The Morgan fingerprint density at radius 3 is 2.72 bits per heavy atom. The van der Waals surface area contributed by atoms with Gasteiger partial charge in [-0.1, -0.05) is 12.1 Å². The zero-order valence-corrected chi connectivity index (χ0v) is 11.4. The van der Waals surface area contributed by atoms with Crippen LogP contribution in [0.15, 0.2) is 41.1 Å². The molecule has 0 spiro atoms. The lowest BCUT2D eigenvalue weighted by Gasteiger charge is -2.04. The summed E-state index contributed by atoms with van der Waals surface area (Å²) in [6.07, 6.45) is 1.83. The first-order valence-electron chi connectivity index (χ1n) is 5.65. The van der Waals surface area contributed by atoms with E-state index in [0.29, 0.717) is 6.54 Å². The van der Waals surface area contributed by atoms with Crippen LogP contribution in [0.1, 0.15) is 15.9 Å². The Morgan fingerprint density at radius 2 is 2.00 bits per heavy atom. The third-order valence-corrected chi connectivity index (χ3v) is 3.62. The van der Waals surface area contributed by atoms with Gasteiger partial charge in [-0.3, -0.25) is 4.79 Å². The second kappa shape index (κ2) is 4.21. The van der Waals surface area contributed by atoms with E-state index in [4.69, 9.17) is 0 Å². The largest absolute Gasteiger partial charge is 0.337 e. The van der Waals surface area contributed by atoms with Crippen LogP contribution in [-0.4, -0.2) is 22.8 Å². The predicted octanol–water partition coefficient (Wildman–Crippen LogP) is 3.10. The molecule has 1 amide bonds. The summed E-state index contributed by atoms with van der Waals surface area (Å²) in [5, 5.41) is 0. The third-order valence-electron chi connectivity index (χ3n) is 3.15. The first-order valence-corrected chi connectivity index (χ1v) is 6.45. The van der Waals surface area contributed by atoms with E-state index in [1.807, 2.05) is 37.5 Å². The summed E-state index contributed by atoms with van der Waals surface area (Å²) in [5.41, 5.74) is 4.05. The lowest BCUT2D eigenvalue weighted by Crippen LogP contribution is -2.17. The van der Waals surface area contributed by atoms with Crippen molar-refractivity contribution in [2.45, 2.75) is 6.54 Å². The molecule has 1 aromatic heterocycles. The van der Waals surface area contributed by atoms with Crippen LogP contribution < -0.4 is 0 Å². The monoisotopic (exact) mass is 302 g/mol. The number of nitrogens with zero attached hydrogens (tertiary/aromatic N) is 2. The Kier molecular flexibility index (Phi) is 2.67. The highest BCUT2D eigenvalue weighted by Gasteiger charge is 2.24. The van der Waals surface area contributed by atoms with Gasteiger partial charge in [0.2, 0.25) is 0 Å². The SMILES string of the molecule is CN1Cc2cc(-c3ccc(Br)nc3)ccc2C1=O. The first kappa shape index (κ1) is 11.4. The molecule has 0 aliphatic carbocycles. The average molecular weight is 303 g/mol. The van der Waals surface area contributed by atoms with Gasteiger partial charge in [0.1, 0.15) is 4.60 Å². The minimum Gasteiger partial charge on any atom is -0.337 e. The fraction of sp³-hybridized carbons (Fsp3) is 0.143. The molecule has 0 radical (unpaired) electrons. The van der Waals surface area contributed by atoms with E-state index in [9.17, 15) is 4.79 Å². The Bertz CT molecular complexity index is 622. The molecule has 2 heterocycles. The van der Waals surface area contributed by atoms with Gasteiger partial charge in [-0.15, -0.1) is 0 Å². The number of carbonyl (C=O) groups excluding carboxylic acids is 1. The first-order chi connectivity index (χ1) is 8.65. The van der Waals surface area contributed by atoms with Crippen molar-refractivity contribution in [3.63, 3.8) is 0 Å². The Balaban J connectivity index is 2.04. The van der Waals surface area contributed by atoms with Crippen LogP contribution in [0.5, 0.6) is 0 Å². The molecule has 0 saturated heterocycles. The highest BCUT2D eigenvalue weighted by molar-refractivity contribution is 9.10. The van der Waals surface area contributed by atoms with Gasteiger partial charge in [0.15, 0.2) is 0 Å². The van der Waals surface area contributed by atoms with Crippen molar-refractivity contribution in [2.75, 3.05) is 7.05 Å². The quantitative estimate of drug-likeness (QED) is 0.759. The highest BCUT2D eigenvalue weighted by Crippen LogP contribution is 2.27. The van der Waals surface area contributed by atoms with Crippen LogP contribution in [0.25, 0.3) is 11.1 Å². The molecule has 3 nitrogen and oxygen atoms in total.